The first-order chi connectivity index (χ1) is 13.3. The second kappa shape index (κ2) is 8.62. The molecule has 1 saturated heterocycles. The number of hydrogen-bond acceptors (Lipinski definition) is 8. The zero-order valence-corrected chi connectivity index (χ0v) is 17.9. The van der Waals surface area contributed by atoms with Crippen molar-refractivity contribution >= 4 is 51.5 Å². The number of carbonyl (C=O) groups excluding carboxylic acids is 2. The molecule has 0 aromatic heterocycles. The number of carbonyl (C=O) groups is 3. The van der Waals surface area contributed by atoms with E-state index in [9.17, 15) is 27.9 Å². The summed E-state index contributed by atoms with van der Waals surface area (Å²) in [4.78, 5) is 36.6. The Morgan fingerprint density at radius 1 is 1.48 bits per heavy atom. The standard InChI is InChI=1S/C15H19ClN2O9S2/c1-4-26-15(3,27-29(23,24)25)11-8-5-9(28-10(16)6-17-7(2)19)12(14(21)22)18(8)13(11)20/h6,8,11H,4-5H2,1-3H3,(H,17,19)(H,21,22)(H,23,24,25)/t8-,11+,15+/m1/s1. The number of rotatable bonds is 9. The van der Waals surface area contributed by atoms with Gasteiger partial charge >= 0.3 is 16.4 Å². The number of thioether (sulfide) groups is 1. The molecule has 29 heavy (non-hydrogen) atoms. The number of aliphatic carboxylic acids is 1. The minimum Gasteiger partial charge on any atom is -0.477 e. The topological polar surface area (TPSA) is 160 Å². The molecule has 0 unspecified atom stereocenters. The smallest absolute Gasteiger partial charge is 0.400 e. The molecule has 0 aromatic rings. The molecule has 0 aliphatic carbocycles. The third-order valence-corrected chi connectivity index (χ3v) is 6.00. The first kappa shape index (κ1) is 23.6. The summed E-state index contributed by atoms with van der Waals surface area (Å²) in [6, 6.07) is -0.778. The van der Waals surface area contributed by atoms with Crippen LogP contribution in [-0.2, 0) is 33.7 Å². The molecule has 14 heteroatoms. The third kappa shape index (κ3) is 5.10. The van der Waals surface area contributed by atoms with E-state index >= 15 is 0 Å². The van der Waals surface area contributed by atoms with Crippen molar-refractivity contribution in [2.45, 2.75) is 39.0 Å². The van der Waals surface area contributed by atoms with E-state index in [1.165, 1.54) is 27.0 Å². The highest BCUT2D eigenvalue weighted by molar-refractivity contribution is 8.08. The van der Waals surface area contributed by atoms with Crippen molar-refractivity contribution in [1.82, 2.24) is 10.2 Å². The van der Waals surface area contributed by atoms with E-state index in [-0.39, 0.29) is 33.9 Å². The van der Waals surface area contributed by atoms with Crippen LogP contribution in [0.3, 0.4) is 0 Å². The van der Waals surface area contributed by atoms with Gasteiger partial charge in [-0.15, -0.1) is 0 Å². The van der Waals surface area contributed by atoms with E-state index in [1.807, 2.05) is 0 Å². The van der Waals surface area contributed by atoms with Crippen LogP contribution in [0.2, 0.25) is 0 Å². The van der Waals surface area contributed by atoms with Crippen LogP contribution in [0.1, 0.15) is 27.2 Å². The molecule has 2 rings (SSSR count). The zero-order chi connectivity index (χ0) is 22.1. The maximum Gasteiger partial charge on any atom is 0.400 e. The maximum absolute atomic E-state index is 12.7. The van der Waals surface area contributed by atoms with Gasteiger partial charge in [-0.1, -0.05) is 23.4 Å². The molecule has 0 spiro atoms. The van der Waals surface area contributed by atoms with Gasteiger partial charge in [-0.05, 0) is 13.8 Å². The lowest BCUT2D eigenvalue weighted by atomic mass is 9.81. The van der Waals surface area contributed by atoms with Crippen LogP contribution in [0, 0.1) is 5.92 Å². The summed E-state index contributed by atoms with van der Waals surface area (Å²) in [5, 5.41) is 11.9. The number of ether oxygens (including phenoxy) is 1. The van der Waals surface area contributed by atoms with Crippen LogP contribution in [0.5, 0.6) is 0 Å². The van der Waals surface area contributed by atoms with Gasteiger partial charge in [0.25, 0.3) is 0 Å². The van der Waals surface area contributed by atoms with Crippen LogP contribution >= 0.6 is 23.4 Å². The monoisotopic (exact) mass is 470 g/mol. The number of carboxylic acid groups (broad SMARTS) is 1. The van der Waals surface area contributed by atoms with Crippen molar-refractivity contribution in [2.24, 2.45) is 5.92 Å². The maximum atomic E-state index is 12.7. The predicted octanol–water partition coefficient (Wildman–Crippen LogP) is 0.992. The fourth-order valence-electron chi connectivity index (χ4n) is 3.30. The zero-order valence-electron chi connectivity index (χ0n) is 15.5. The van der Waals surface area contributed by atoms with Crippen LogP contribution in [0.25, 0.3) is 0 Å². The number of amides is 2. The van der Waals surface area contributed by atoms with Gasteiger partial charge in [0.05, 0.1) is 10.4 Å². The molecule has 2 aliphatic heterocycles. The molecule has 2 heterocycles. The number of carboxylic acids is 1. The van der Waals surface area contributed by atoms with Gasteiger partial charge in [0, 0.05) is 31.1 Å². The fourth-order valence-corrected chi connectivity index (χ4v) is 5.10. The number of hydrogen-bond donors (Lipinski definition) is 3. The Labute approximate surface area is 176 Å². The molecule has 0 aromatic carbocycles. The first-order valence-corrected chi connectivity index (χ1v) is 10.8. The van der Waals surface area contributed by atoms with Crippen molar-refractivity contribution < 1.29 is 41.4 Å². The van der Waals surface area contributed by atoms with Crippen LogP contribution < -0.4 is 5.32 Å². The number of nitrogens with zero attached hydrogens (tertiary/aromatic N) is 1. The summed E-state index contributed by atoms with van der Waals surface area (Å²) >= 11 is 6.85. The highest BCUT2D eigenvalue weighted by Crippen LogP contribution is 2.52. The Kier molecular flexibility index (Phi) is 7.02. The van der Waals surface area contributed by atoms with E-state index in [2.05, 4.69) is 9.50 Å². The Balaban J connectivity index is 2.32. The van der Waals surface area contributed by atoms with Crippen molar-refractivity contribution in [3.63, 3.8) is 0 Å². The second-order valence-electron chi connectivity index (χ2n) is 6.25. The fraction of sp³-hybridized carbons (Fsp3) is 0.533. The summed E-state index contributed by atoms with van der Waals surface area (Å²) in [5.74, 6) is -5.70. The van der Waals surface area contributed by atoms with Crippen LogP contribution in [0.4, 0.5) is 0 Å². The van der Waals surface area contributed by atoms with Crippen molar-refractivity contribution in [3.05, 3.63) is 21.2 Å². The van der Waals surface area contributed by atoms with Crippen molar-refractivity contribution in [2.75, 3.05) is 6.61 Å². The lowest BCUT2D eigenvalue weighted by molar-refractivity contribution is -0.235. The molecular formula is C15H19ClN2O9S2. The van der Waals surface area contributed by atoms with E-state index in [4.69, 9.17) is 20.9 Å². The minimum absolute atomic E-state index is 0.0321. The quantitative estimate of drug-likeness (QED) is 0.252. The Morgan fingerprint density at radius 3 is 2.59 bits per heavy atom. The molecule has 3 atom stereocenters. The average molecular weight is 471 g/mol. The SMILES string of the molecule is CCO[C@@](C)(OS(=O)(=O)O)[C@@H]1C(=O)N2C(C(=O)O)=C(SC(Cl)=CNC(C)=O)C[C@H]12. The highest BCUT2D eigenvalue weighted by Gasteiger charge is 2.64. The van der Waals surface area contributed by atoms with E-state index in [0.717, 1.165) is 16.7 Å². The molecule has 0 saturated carbocycles. The molecule has 2 amide bonds. The first-order valence-electron chi connectivity index (χ1n) is 8.23. The van der Waals surface area contributed by atoms with Gasteiger partial charge in [0.1, 0.15) is 11.6 Å². The molecule has 0 radical (unpaired) electrons. The van der Waals surface area contributed by atoms with E-state index in [1.54, 1.807) is 0 Å². The Morgan fingerprint density at radius 2 is 2.10 bits per heavy atom. The Hall–Kier alpha value is -1.64. The van der Waals surface area contributed by atoms with Gasteiger partial charge in [0.2, 0.25) is 11.8 Å². The van der Waals surface area contributed by atoms with E-state index < -0.39 is 40.0 Å². The summed E-state index contributed by atoms with van der Waals surface area (Å²) in [6.45, 7) is 3.95. The van der Waals surface area contributed by atoms with Gasteiger partial charge in [-0.2, -0.15) is 8.42 Å². The van der Waals surface area contributed by atoms with Crippen molar-refractivity contribution in [3.8, 4) is 0 Å². The third-order valence-electron chi connectivity index (χ3n) is 4.20. The Bertz CT molecular complexity index is 901. The molecule has 11 nitrogen and oxygen atoms in total. The molecule has 2 aliphatic rings. The number of halogens is 1. The number of β-lactam (4-membered cyclic amide) rings is 1. The van der Waals surface area contributed by atoms with Gasteiger partial charge in [0.15, 0.2) is 5.79 Å². The molecule has 162 valence electrons. The largest absolute Gasteiger partial charge is 0.477 e. The normalized spacial score (nSPS) is 24.1. The molecular weight excluding hydrogens is 452 g/mol. The van der Waals surface area contributed by atoms with Crippen molar-refractivity contribution in [1.29, 1.82) is 0 Å². The van der Waals surface area contributed by atoms with Gasteiger partial charge in [-0.25, -0.2) is 8.98 Å². The second-order valence-corrected chi connectivity index (χ2v) is 9.04. The molecule has 1 fully saturated rings. The van der Waals surface area contributed by atoms with E-state index in [0.29, 0.717) is 0 Å². The lowest BCUT2D eigenvalue weighted by Crippen LogP contribution is -2.67. The van der Waals surface area contributed by atoms with Gasteiger partial charge in [-0.3, -0.25) is 14.1 Å². The summed E-state index contributed by atoms with van der Waals surface area (Å²) in [7, 11) is -4.96. The summed E-state index contributed by atoms with van der Waals surface area (Å²) in [6.07, 6.45) is 1.21. The number of nitrogens with one attached hydrogen (secondary N) is 1. The highest BCUT2D eigenvalue weighted by atomic mass is 35.5. The lowest BCUT2D eigenvalue weighted by Gasteiger charge is -2.49. The predicted molar refractivity (Wildman–Crippen MR) is 101 cm³/mol. The van der Waals surface area contributed by atoms with Crippen LogP contribution in [-0.4, -0.2) is 59.2 Å². The molecule has 0 bridgehead atoms. The number of fused-ring (bicyclic) bond motifs is 1. The summed E-state index contributed by atoms with van der Waals surface area (Å²) in [5.41, 5.74) is -0.304. The van der Waals surface area contributed by atoms with Gasteiger partial charge < -0.3 is 20.1 Å². The van der Waals surface area contributed by atoms with Crippen LogP contribution in [0.15, 0.2) is 21.2 Å². The average Bonchev–Trinajstić information content (AvgIpc) is 2.85. The molecule has 3 N–H and O–H groups in total. The summed E-state index contributed by atoms with van der Waals surface area (Å²) < 4.78 is 41.5. The minimum atomic E-state index is -4.96.